The van der Waals surface area contributed by atoms with Gasteiger partial charge in [-0.05, 0) is 24.1 Å². The van der Waals surface area contributed by atoms with Crippen LogP contribution in [-0.2, 0) is 13.0 Å². The standard InChI is InChI=1S/C12H15N3OS/c1-3-11-14-15-12(17-11)13-8-9-5-4-6-10(7-9)16-2/h4-7H,3,8H2,1-2H3,(H,13,15). The number of hydrogen-bond acceptors (Lipinski definition) is 5. The SMILES string of the molecule is CCc1nnc(NCc2cccc(OC)c2)s1. The maximum absolute atomic E-state index is 5.18. The number of hydrogen-bond donors (Lipinski definition) is 1. The first-order chi connectivity index (χ1) is 8.31. The van der Waals surface area contributed by atoms with Crippen LogP contribution >= 0.6 is 11.3 Å². The highest BCUT2D eigenvalue weighted by atomic mass is 32.1. The first-order valence-electron chi connectivity index (χ1n) is 5.51. The lowest BCUT2D eigenvalue weighted by Crippen LogP contribution is -1.99. The van der Waals surface area contributed by atoms with Crippen LogP contribution in [0.3, 0.4) is 0 Å². The van der Waals surface area contributed by atoms with Gasteiger partial charge in [-0.25, -0.2) is 0 Å². The summed E-state index contributed by atoms with van der Waals surface area (Å²) in [5.41, 5.74) is 1.16. The van der Waals surface area contributed by atoms with Gasteiger partial charge >= 0.3 is 0 Å². The lowest BCUT2D eigenvalue weighted by molar-refractivity contribution is 0.414. The molecule has 0 saturated carbocycles. The van der Waals surface area contributed by atoms with Crippen LogP contribution in [-0.4, -0.2) is 17.3 Å². The van der Waals surface area contributed by atoms with Crippen LogP contribution in [0.15, 0.2) is 24.3 Å². The van der Waals surface area contributed by atoms with E-state index < -0.39 is 0 Å². The summed E-state index contributed by atoms with van der Waals surface area (Å²) in [6, 6.07) is 7.98. The summed E-state index contributed by atoms with van der Waals surface area (Å²) in [5.74, 6) is 0.871. The van der Waals surface area contributed by atoms with Gasteiger partial charge in [-0.15, -0.1) is 10.2 Å². The first-order valence-corrected chi connectivity index (χ1v) is 6.32. The fourth-order valence-corrected chi connectivity index (χ4v) is 2.10. The third kappa shape index (κ3) is 3.17. The van der Waals surface area contributed by atoms with Crippen molar-refractivity contribution in [3.05, 3.63) is 34.8 Å². The molecule has 90 valence electrons. The van der Waals surface area contributed by atoms with Gasteiger partial charge in [0.1, 0.15) is 10.8 Å². The number of nitrogens with zero attached hydrogens (tertiary/aromatic N) is 2. The molecule has 4 nitrogen and oxygen atoms in total. The van der Waals surface area contributed by atoms with Crippen LogP contribution in [0.4, 0.5) is 5.13 Å². The van der Waals surface area contributed by atoms with Gasteiger partial charge in [0.05, 0.1) is 7.11 Å². The molecule has 0 aliphatic carbocycles. The van der Waals surface area contributed by atoms with Crippen molar-refractivity contribution in [3.8, 4) is 5.75 Å². The lowest BCUT2D eigenvalue weighted by Gasteiger charge is -2.04. The quantitative estimate of drug-likeness (QED) is 0.885. The summed E-state index contributed by atoms with van der Waals surface area (Å²) < 4.78 is 5.18. The second-order valence-corrected chi connectivity index (χ2v) is 4.62. The van der Waals surface area contributed by atoms with Gasteiger partial charge < -0.3 is 10.1 Å². The molecule has 0 saturated heterocycles. The molecule has 1 aromatic carbocycles. The van der Waals surface area contributed by atoms with Crippen LogP contribution in [0.5, 0.6) is 5.75 Å². The molecule has 5 heteroatoms. The fraction of sp³-hybridized carbons (Fsp3) is 0.333. The van der Waals surface area contributed by atoms with Gasteiger partial charge in [0.15, 0.2) is 0 Å². The highest BCUT2D eigenvalue weighted by molar-refractivity contribution is 7.15. The summed E-state index contributed by atoms with van der Waals surface area (Å²) in [6.07, 6.45) is 0.929. The van der Waals surface area contributed by atoms with Crippen LogP contribution in [0.1, 0.15) is 17.5 Å². The third-order valence-electron chi connectivity index (χ3n) is 2.35. The zero-order valence-electron chi connectivity index (χ0n) is 9.93. The van der Waals surface area contributed by atoms with Crippen molar-refractivity contribution in [1.82, 2.24) is 10.2 Å². The number of aryl methyl sites for hydroxylation is 1. The molecule has 1 heterocycles. The molecular weight excluding hydrogens is 234 g/mol. The maximum atomic E-state index is 5.18. The Bertz CT molecular complexity index is 484. The van der Waals surface area contributed by atoms with Crippen molar-refractivity contribution in [2.75, 3.05) is 12.4 Å². The topological polar surface area (TPSA) is 47.0 Å². The van der Waals surface area contributed by atoms with Crippen molar-refractivity contribution in [2.24, 2.45) is 0 Å². The first kappa shape index (κ1) is 11.9. The molecule has 0 amide bonds. The fourth-order valence-electron chi connectivity index (χ4n) is 1.43. The zero-order chi connectivity index (χ0) is 12.1. The molecule has 1 aromatic heterocycles. The van der Waals surface area contributed by atoms with E-state index in [-0.39, 0.29) is 0 Å². The summed E-state index contributed by atoms with van der Waals surface area (Å²) in [6.45, 7) is 2.81. The Hall–Kier alpha value is -1.62. The van der Waals surface area contributed by atoms with Gasteiger partial charge in [-0.3, -0.25) is 0 Å². The van der Waals surface area contributed by atoms with Gasteiger partial charge in [0.2, 0.25) is 5.13 Å². The number of anilines is 1. The van der Waals surface area contributed by atoms with Crippen LogP contribution in [0, 0.1) is 0 Å². The molecule has 0 aliphatic heterocycles. The predicted octanol–water partition coefficient (Wildman–Crippen LogP) is 2.72. The molecule has 1 N–H and O–H groups in total. The third-order valence-corrected chi connectivity index (χ3v) is 3.37. The van der Waals surface area contributed by atoms with E-state index in [0.717, 1.165) is 34.4 Å². The van der Waals surface area contributed by atoms with E-state index in [1.165, 1.54) is 0 Å². The van der Waals surface area contributed by atoms with Crippen molar-refractivity contribution in [3.63, 3.8) is 0 Å². The van der Waals surface area contributed by atoms with E-state index in [9.17, 15) is 0 Å². The monoisotopic (exact) mass is 249 g/mol. The zero-order valence-corrected chi connectivity index (χ0v) is 10.8. The van der Waals surface area contributed by atoms with E-state index in [4.69, 9.17) is 4.74 Å². The summed E-state index contributed by atoms with van der Waals surface area (Å²) in [7, 11) is 1.67. The van der Waals surface area contributed by atoms with Crippen molar-refractivity contribution >= 4 is 16.5 Å². The van der Waals surface area contributed by atoms with E-state index in [1.54, 1.807) is 18.4 Å². The molecule has 0 unspecified atom stereocenters. The van der Waals surface area contributed by atoms with E-state index in [0.29, 0.717) is 0 Å². The Balaban J connectivity index is 1.96. The largest absolute Gasteiger partial charge is 0.497 e. The molecule has 0 radical (unpaired) electrons. The highest BCUT2D eigenvalue weighted by Crippen LogP contribution is 2.18. The highest BCUT2D eigenvalue weighted by Gasteiger charge is 2.02. The van der Waals surface area contributed by atoms with Crippen LogP contribution in [0.25, 0.3) is 0 Å². The van der Waals surface area contributed by atoms with Crippen molar-refractivity contribution in [1.29, 1.82) is 0 Å². The molecule has 2 rings (SSSR count). The smallest absolute Gasteiger partial charge is 0.205 e. The average Bonchev–Trinajstić information content (AvgIpc) is 2.84. The molecule has 0 aliphatic rings. The van der Waals surface area contributed by atoms with Gasteiger partial charge in [-0.1, -0.05) is 30.4 Å². The number of rotatable bonds is 5. The van der Waals surface area contributed by atoms with Crippen molar-refractivity contribution in [2.45, 2.75) is 19.9 Å². The average molecular weight is 249 g/mol. The molecular formula is C12H15N3OS. The minimum absolute atomic E-state index is 0.732. The maximum Gasteiger partial charge on any atom is 0.205 e. The summed E-state index contributed by atoms with van der Waals surface area (Å²) in [5, 5.41) is 13.3. The summed E-state index contributed by atoms with van der Waals surface area (Å²) in [4.78, 5) is 0. The number of nitrogens with one attached hydrogen (secondary N) is 1. The van der Waals surface area contributed by atoms with Gasteiger partial charge in [0, 0.05) is 6.54 Å². The minimum Gasteiger partial charge on any atom is -0.497 e. The number of methoxy groups -OCH3 is 1. The Kier molecular flexibility index (Phi) is 3.93. The second-order valence-electron chi connectivity index (χ2n) is 3.56. The minimum atomic E-state index is 0.732. The normalized spacial score (nSPS) is 10.2. The molecule has 0 bridgehead atoms. The Labute approximate surface area is 105 Å². The number of ether oxygens (including phenoxy) is 1. The number of benzene rings is 1. The van der Waals surface area contributed by atoms with Crippen LogP contribution < -0.4 is 10.1 Å². The molecule has 0 fully saturated rings. The lowest BCUT2D eigenvalue weighted by atomic mass is 10.2. The van der Waals surface area contributed by atoms with E-state index >= 15 is 0 Å². The molecule has 0 spiro atoms. The van der Waals surface area contributed by atoms with Crippen LogP contribution in [0.2, 0.25) is 0 Å². The molecule has 2 aromatic rings. The molecule has 17 heavy (non-hydrogen) atoms. The Morgan fingerprint density at radius 2 is 2.24 bits per heavy atom. The van der Waals surface area contributed by atoms with Gasteiger partial charge in [0.25, 0.3) is 0 Å². The van der Waals surface area contributed by atoms with Gasteiger partial charge in [-0.2, -0.15) is 0 Å². The van der Waals surface area contributed by atoms with E-state index in [1.807, 2.05) is 18.2 Å². The summed E-state index contributed by atoms with van der Waals surface area (Å²) >= 11 is 1.60. The Morgan fingerprint density at radius 1 is 1.35 bits per heavy atom. The second kappa shape index (κ2) is 5.63. The predicted molar refractivity (Wildman–Crippen MR) is 69.6 cm³/mol. The Morgan fingerprint density at radius 3 is 2.94 bits per heavy atom. The number of aromatic nitrogens is 2. The van der Waals surface area contributed by atoms with E-state index in [2.05, 4.69) is 28.5 Å². The molecule has 0 atom stereocenters. The van der Waals surface area contributed by atoms with Crippen molar-refractivity contribution < 1.29 is 4.74 Å².